The van der Waals surface area contributed by atoms with Crippen LogP contribution in [0.5, 0.6) is 0 Å². The second-order valence-electron chi connectivity index (χ2n) is 5.70. The van der Waals surface area contributed by atoms with Crippen LogP contribution >= 0.6 is 0 Å². The van der Waals surface area contributed by atoms with Crippen LogP contribution in [0.25, 0.3) is 0 Å². The van der Waals surface area contributed by atoms with E-state index in [0.29, 0.717) is 0 Å². The van der Waals surface area contributed by atoms with Gasteiger partial charge in [-0.05, 0) is 43.4 Å². The maximum Gasteiger partial charge on any atom is 0.0188 e. The number of hydrogen-bond donors (Lipinski definition) is 1. The highest BCUT2D eigenvalue weighted by atomic mass is 14.8. The van der Waals surface area contributed by atoms with Crippen molar-refractivity contribution in [3.63, 3.8) is 0 Å². The predicted molar refractivity (Wildman–Crippen MR) is 61.1 cm³/mol. The SMILES string of the molecule is CCC(CC)CC1(N)CC2CCC1C2. The van der Waals surface area contributed by atoms with Gasteiger partial charge in [0.2, 0.25) is 0 Å². The maximum atomic E-state index is 6.60. The molecule has 0 amide bonds. The van der Waals surface area contributed by atoms with Gasteiger partial charge in [0.05, 0.1) is 0 Å². The third kappa shape index (κ3) is 1.71. The van der Waals surface area contributed by atoms with E-state index in [9.17, 15) is 0 Å². The fourth-order valence-electron chi connectivity index (χ4n) is 3.85. The number of rotatable bonds is 4. The average Bonchev–Trinajstić information content (AvgIpc) is 2.73. The normalized spacial score (nSPS) is 41.1. The highest BCUT2D eigenvalue weighted by molar-refractivity contribution is 5.04. The molecule has 14 heavy (non-hydrogen) atoms. The van der Waals surface area contributed by atoms with Crippen LogP contribution in [0.15, 0.2) is 0 Å². The lowest BCUT2D eigenvalue weighted by Crippen LogP contribution is -2.46. The molecule has 3 unspecified atom stereocenters. The molecular formula is C13H25N. The Kier molecular flexibility index (Phi) is 2.88. The molecule has 1 heteroatoms. The maximum absolute atomic E-state index is 6.60. The van der Waals surface area contributed by atoms with Gasteiger partial charge in [0.15, 0.2) is 0 Å². The first-order valence-electron chi connectivity index (χ1n) is 6.46. The smallest absolute Gasteiger partial charge is 0.0188 e. The Hall–Kier alpha value is -0.0400. The first-order valence-corrected chi connectivity index (χ1v) is 6.46. The zero-order valence-electron chi connectivity index (χ0n) is 9.76. The molecule has 0 spiro atoms. The van der Waals surface area contributed by atoms with Gasteiger partial charge in [-0.25, -0.2) is 0 Å². The Labute approximate surface area is 88.4 Å². The van der Waals surface area contributed by atoms with E-state index in [4.69, 9.17) is 5.73 Å². The van der Waals surface area contributed by atoms with Crippen molar-refractivity contribution in [2.24, 2.45) is 23.5 Å². The number of hydrogen-bond acceptors (Lipinski definition) is 1. The highest BCUT2D eigenvalue weighted by Gasteiger charge is 2.48. The molecule has 0 heterocycles. The molecule has 2 aliphatic rings. The van der Waals surface area contributed by atoms with Crippen molar-refractivity contribution in [3.8, 4) is 0 Å². The molecule has 2 saturated carbocycles. The molecule has 0 aromatic heterocycles. The molecule has 82 valence electrons. The van der Waals surface area contributed by atoms with Crippen LogP contribution in [-0.4, -0.2) is 5.54 Å². The summed E-state index contributed by atoms with van der Waals surface area (Å²) in [7, 11) is 0. The zero-order valence-corrected chi connectivity index (χ0v) is 9.76. The van der Waals surface area contributed by atoms with Crippen LogP contribution < -0.4 is 5.73 Å². The van der Waals surface area contributed by atoms with Crippen molar-refractivity contribution < 1.29 is 0 Å². The number of fused-ring (bicyclic) bond motifs is 2. The summed E-state index contributed by atoms with van der Waals surface area (Å²) in [6, 6.07) is 0. The molecule has 0 saturated heterocycles. The molecule has 2 N–H and O–H groups in total. The van der Waals surface area contributed by atoms with Gasteiger partial charge < -0.3 is 5.73 Å². The lowest BCUT2D eigenvalue weighted by Gasteiger charge is -2.36. The van der Waals surface area contributed by atoms with Crippen LogP contribution in [0.3, 0.4) is 0 Å². The highest BCUT2D eigenvalue weighted by Crippen LogP contribution is 2.52. The van der Waals surface area contributed by atoms with Crippen molar-refractivity contribution in [1.82, 2.24) is 0 Å². The van der Waals surface area contributed by atoms with E-state index >= 15 is 0 Å². The van der Waals surface area contributed by atoms with E-state index in [1.807, 2.05) is 0 Å². The van der Waals surface area contributed by atoms with E-state index in [1.54, 1.807) is 0 Å². The second-order valence-corrected chi connectivity index (χ2v) is 5.70. The Bertz CT molecular complexity index is 197. The molecule has 3 atom stereocenters. The summed E-state index contributed by atoms with van der Waals surface area (Å²) in [6.45, 7) is 4.62. The van der Waals surface area contributed by atoms with Gasteiger partial charge in [-0.1, -0.05) is 33.1 Å². The molecular weight excluding hydrogens is 170 g/mol. The Balaban J connectivity index is 1.96. The summed E-state index contributed by atoms with van der Waals surface area (Å²) in [5, 5.41) is 0. The summed E-state index contributed by atoms with van der Waals surface area (Å²) >= 11 is 0. The average molecular weight is 195 g/mol. The molecule has 1 nitrogen and oxygen atoms in total. The molecule has 2 rings (SSSR count). The largest absolute Gasteiger partial charge is 0.325 e. The molecule has 0 aromatic carbocycles. The van der Waals surface area contributed by atoms with Crippen molar-refractivity contribution in [2.45, 2.75) is 64.3 Å². The van der Waals surface area contributed by atoms with Gasteiger partial charge >= 0.3 is 0 Å². The van der Waals surface area contributed by atoms with E-state index in [1.165, 1.54) is 44.9 Å². The summed E-state index contributed by atoms with van der Waals surface area (Å²) in [6.07, 6.45) is 9.57. The van der Waals surface area contributed by atoms with E-state index < -0.39 is 0 Å². The molecule has 2 fully saturated rings. The van der Waals surface area contributed by atoms with Gasteiger partial charge in [-0.15, -0.1) is 0 Å². The molecule has 2 bridgehead atoms. The summed E-state index contributed by atoms with van der Waals surface area (Å²) in [5.74, 6) is 2.73. The van der Waals surface area contributed by atoms with Crippen LogP contribution in [0.2, 0.25) is 0 Å². The van der Waals surface area contributed by atoms with Gasteiger partial charge in [-0.3, -0.25) is 0 Å². The second kappa shape index (κ2) is 3.84. The first kappa shape index (κ1) is 10.5. The third-order valence-electron chi connectivity index (χ3n) is 4.85. The van der Waals surface area contributed by atoms with Crippen LogP contribution in [0.1, 0.15) is 58.8 Å². The van der Waals surface area contributed by atoms with Crippen molar-refractivity contribution in [1.29, 1.82) is 0 Å². The molecule has 0 radical (unpaired) electrons. The van der Waals surface area contributed by atoms with E-state index in [0.717, 1.165) is 17.8 Å². The van der Waals surface area contributed by atoms with Crippen molar-refractivity contribution in [3.05, 3.63) is 0 Å². The van der Waals surface area contributed by atoms with Crippen LogP contribution in [0, 0.1) is 17.8 Å². The summed E-state index contributed by atoms with van der Waals surface area (Å²) in [4.78, 5) is 0. The fourth-order valence-corrected chi connectivity index (χ4v) is 3.85. The van der Waals surface area contributed by atoms with Gasteiger partial charge in [-0.2, -0.15) is 0 Å². The minimum absolute atomic E-state index is 0.236. The van der Waals surface area contributed by atoms with Crippen molar-refractivity contribution in [2.75, 3.05) is 0 Å². The number of nitrogens with two attached hydrogens (primary N) is 1. The monoisotopic (exact) mass is 195 g/mol. The zero-order chi connectivity index (χ0) is 10.2. The van der Waals surface area contributed by atoms with Gasteiger partial charge in [0, 0.05) is 5.54 Å². The fraction of sp³-hybridized carbons (Fsp3) is 1.00. The lowest BCUT2D eigenvalue weighted by molar-refractivity contribution is 0.210. The van der Waals surface area contributed by atoms with Crippen LogP contribution in [-0.2, 0) is 0 Å². The van der Waals surface area contributed by atoms with E-state index in [-0.39, 0.29) is 5.54 Å². The predicted octanol–water partition coefficient (Wildman–Crippen LogP) is 3.33. The molecule has 0 aliphatic heterocycles. The topological polar surface area (TPSA) is 26.0 Å². The Morgan fingerprint density at radius 3 is 2.43 bits per heavy atom. The summed E-state index contributed by atoms with van der Waals surface area (Å²) in [5.41, 5.74) is 6.83. The third-order valence-corrected chi connectivity index (χ3v) is 4.85. The first-order chi connectivity index (χ1) is 6.68. The molecule has 0 aromatic rings. The van der Waals surface area contributed by atoms with Crippen molar-refractivity contribution >= 4 is 0 Å². The standard InChI is InChI=1S/C13H25N/c1-3-10(4-2)8-13(14)9-11-5-6-12(13)7-11/h10-12H,3-9,14H2,1-2H3. The molecule has 2 aliphatic carbocycles. The summed E-state index contributed by atoms with van der Waals surface area (Å²) < 4.78 is 0. The quantitative estimate of drug-likeness (QED) is 0.731. The Morgan fingerprint density at radius 1 is 1.29 bits per heavy atom. The van der Waals surface area contributed by atoms with E-state index in [2.05, 4.69) is 13.8 Å². The van der Waals surface area contributed by atoms with Crippen LogP contribution in [0.4, 0.5) is 0 Å². The van der Waals surface area contributed by atoms with Gasteiger partial charge in [0.25, 0.3) is 0 Å². The minimum atomic E-state index is 0.236. The van der Waals surface area contributed by atoms with Gasteiger partial charge in [0.1, 0.15) is 0 Å². The minimum Gasteiger partial charge on any atom is -0.325 e. The Morgan fingerprint density at radius 2 is 2.00 bits per heavy atom. The lowest BCUT2D eigenvalue weighted by atomic mass is 9.75.